The fourth-order valence-corrected chi connectivity index (χ4v) is 6.37. The number of benzene rings is 1. The molecule has 3 atom stereocenters. The SMILES string of the molecule is CC1(O/N=C(\C(=O)N[C@@H]2C(=O)N3[C@@H]2SC(C)(C)[C@@H]3C(=O)[O-])c2ccc(C(F)(F)F)cc2)CCCC1.[Na+]. The number of thioether (sulfide) groups is 1. The molecule has 2 aliphatic heterocycles. The van der Waals surface area contributed by atoms with Crippen LogP contribution in [0.3, 0.4) is 0 Å². The van der Waals surface area contributed by atoms with Crippen molar-refractivity contribution < 1.29 is 67.1 Å². The van der Waals surface area contributed by atoms with Gasteiger partial charge >= 0.3 is 35.7 Å². The third kappa shape index (κ3) is 5.41. The minimum atomic E-state index is -4.55. The summed E-state index contributed by atoms with van der Waals surface area (Å²) in [5.41, 5.74) is -1.66. The number of carbonyl (C=O) groups is 3. The fraction of sp³-hybridized carbons (Fsp3) is 0.565. The van der Waals surface area contributed by atoms with Crippen LogP contribution >= 0.6 is 11.8 Å². The summed E-state index contributed by atoms with van der Waals surface area (Å²) in [5, 5.41) is 17.6. The van der Waals surface area contributed by atoms with Gasteiger partial charge in [0.2, 0.25) is 5.91 Å². The maximum Gasteiger partial charge on any atom is 1.00 e. The second kappa shape index (κ2) is 10.2. The van der Waals surface area contributed by atoms with Gasteiger partial charge in [-0.15, -0.1) is 11.8 Å². The van der Waals surface area contributed by atoms with Crippen LogP contribution in [0.2, 0.25) is 0 Å². The molecule has 1 aromatic rings. The number of fused-ring (bicyclic) bond motifs is 1. The van der Waals surface area contributed by atoms with Gasteiger partial charge < -0.3 is 25.0 Å². The molecule has 1 aliphatic carbocycles. The number of nitrogens with one attached hydrogen (secondary N) is 1. The number of carboxylic acid groups (broad SMARTS) is 1. The van der Waals surface area contributed by atoms with Crippen molar-refractivity contribution in [2.45, 2.75) is 80.4 Å². The molecule has 2 amide bonds. The zero-order chi connectivity index (χ0) is 25.8. The van der Waals surface area contributed by atoms with Gasteiger partial charge in [-0.2, -0.15) is 13.2 Å². The smallest absolute Gasteiger partial charge is 0.548 e. The van der Waals surface area contributed by atoms with Crippen molar-refractivity contribution in [3.8, 4) is 0 Å². The normalized spacial score (nSPS) is 26.5. The van der Waals surface area contributed by atoms with E-state index in [2.05, 4.69) is 10.5 Å². The molecule has 3 aliphatic rings. The first-order valence-corrected chi connectivity index (χ1v) is 12.1. The topological polar surface area (TPSA) is 111 Å². The molecule has 0 unspecified atom stereocenters. The minimum absolute atomic E-state index is 0. The van der Waals surface area contributed by atoms with Crippen LogP contribution in [0.5, 0.6) is 0 Å². The molecule has 8 nitrogen and oxygen atoms in total. The number of carbonyl (C=O) groups excluding carboxylic acids is 3. The molecule has 2 saturated heterocycles. The standard InChI is InChI=1S/C23H26F3N3O5S.Na/c1-21(2)16(20(32)33)29-18(31)15(19(29)35-21)27-17(30)14(28-34-22(3)10-4-5-11-22)12-6-8-13(9-7-12)23(24,25)26;/h6-9,15-16,19H,4-5,10-11H2,1-3H3,(H,27,30)(H,32,33);/q;+1/p-1/b28-14-;/t15-,16+,19-;/m1./s1. The number of aliphatic carboxylic acids is 1. The van der Waals surface area contributed by atoms with Crippen LogP contribution < -0.4 is 40.0 Å². The van der Waals surface area contributed by atoms with Gasteiger partial charge in [-0.3, -0.25) is 9.59 Å². The molecule has 1 aromatic carbocycles. The number of hydrogen-bond acceptors (Lipinski definition) is 7. The summed E-state index contributed by atoms with van der Waals surface area (Å²) in [6.07, 6.45) is -1.27. The Morgan fingerprint density at radius 2 is 1.75 bits per heavy atom. The molecule has 0 aromatic heterocycles. The van der Waals surface area contributed by atoms with Gasteiger partial charge in [-0.25, -0.2) is 0 Å². The predicted molar refractivity (Wildman–Crippen MR) is 119 cm³/mol. The molecular formula is C23H25F3N3NaO5S. The molecule has 190 valence electrons. The third-order valence-electron chi connectivity index (χ3n) is 6.67. The Hall–Kier alpha value is -1.76. The van der Waals surface area contributed by atoms with Crippen molar-refractivity contribution in [2.75, 3.05) is 0 Å². The number of carboxylic acids is 1. The first kappa shape index (κ1) is 28.8. The second-order valence-electron chi connectivity index (χ2n) is 9.79. The maximum absolute atomic E-state index is 13.2. The summed E-state index contributed by atoms with van der Waals surface area (Å²) in [6.45, 7) is 5.19. The summed E-state index contributed by atoms with van der Waals surface area (Å²) in [5.74, 6) is -2.76. The van der Waals surface area contributed by atoms with Gasteiger partial charge in [0.25, 0.3) is 5.91 Å². The number of amides is 2. The number of alkyl halides is 3. The predicted octanol–water partition coefficient (Wildman–Crippen LogP) is -0.940. The van der Waals surface area contributed by atoms with Gasteiger partial charge in [0.15, 0.2) is 5.71 Å². The molecule has 0 radical (unpaired) electrons. The van der Waals surface area contributed by atoms with Gasteiger partial charge in [0.1, 0.15) is 17.0 Å². The van der Waals surface area contributed by atoms with E-state index in [1.807, 2.05) is 6.92 Å². The fourth-order valence-electron chi connectivity index (χ4n) is 4.75. The first-order chi connectivity index (χ1) is 16.2. The number of oxime groups is 1. The van der Waals surface area contributed by atoms with E-state index in [0.29, 0.717) is 12.8 Å². The van der Waals surface area contributed by atoms with E-state index in [4.69, 9.17) is 4.84 Å². The summed E-state index contributed by atoms with van der Waals surface area (Å²) in [4.78, 5) is 44.4. The van der Waals surface area contributed by atoms with E-state index in [-0.39, 0.29) is 40.8 Å². The van der Waals surface area contributed by atoms with E-state index < -0.39 is 57.3 Å². The Labute approximate surface area is 232 Å². The van der Waals surface area contributed by atoms with Crippen LogP contribution in [0.25, 0.3) is 0 Å². The molecule has 2 heterocycles. The molecule has 4 rings (SSSR count). The molecule has 13 heteroatoms. The Morgan fingerprint density at radius 1 is 1.17 bits per heavy atom. The van der Waals surface area contributed by atoms with Crippen LogP contribution in [-0.4, -0.2) is 56.2 Å². The van der Waals surface area contributed by atoms with Crippen molar-refractivity contribution in [3.63, 3.8) is 0 Å². The average molecular weight is 536 g/mol. The monoisotopic (exact) mass is 535 g/mol. The molecule has 36 heavy (non-hydrogen) atoms. The third-order valence-corrected chi connectivity index (χ3v) is 8.24. The number of nitrogens with zero attached hydrogens (tertiary/aromatic N) is 2. The van der Waals surface area contributed by atoms with Crippen LogP contribution in [0.1, 0.15) is 57.6 Å². The van der Waals surface area contributed by atoms with Crippen LogP contribution in [0.4, 0.5) is 13.2 Å². The molecule has 0 bridgehead atoms. The van der Waals surface area contributed by atoms with Crippen molar-refractivity contribution >= 4 is 35.3 Å². The van der Waals surface area contributed by atoms with Crippen LogP contribution in [0.15, 0.2) is 29.4 Å². The Morgan fingerprint density at radius 3 is 2.28 bits per heavy atom. The largest absolute Gasteiger partial charge is 1.00 e. The van der Waals surface area contributed by atoms with E-state index in [0.717, 1.165) is 37.1 Å². The van der Waals surface area contributed by atoms with E-state index >= 15 is 0 Å². The number of hydrogen-bond donors (Lipinski definition) is 1. The molecule has 0 spiro atoms. The minimum Gasteiger partial charge on any atom is -0.548 e. The molecule has 3 fully saturated rings. The van der Waals surface area contributed by atoms with Crippen molar-refractivity contribution in [1.82, 2.24) is 10.2 Å². The maximum atomic E-state index is 13.2. The zero-order valence-corrected chi connectivity index (χ0v) is 23.2. The molecule has 1 N–H and O–H groups in total. The van der Waals surface area contributed by atoms with Crippen LogP contribution in [0, 0.1) is 0 Å². The van der Waals surface area contributed by atoms with Gasteiger partial charge in [-0.1, -0.05) is 17.3 Å². The summed E-state index contributed by atoms with van der Waals surface area (Å²) < 4.78 is 38.2. The van der Waals surface area contributed by atoms with Crippen molar-refractivity contribution in [2.24, 2.45) is 5.16 Å². The first-order valence-electron chi connectivity index (χ1n) is 11.2. The molecule has 1 saturated carbocycles. The summed E-state index contributed by atoms with van der Waals surface area (Å²) in [6, 6.07) is 1.76. The van der Waals surface area contributed by atoms with E-state index in [9.17, 15) is 32.7 Å². The van der Waals surface area contributed by atoms with Crippen LogP contribution in [-0.2, 0) is 25.4 Å². The quantitative estimate of drug-likeness (QED) is 0.218. The summed E-state index contributed by atoms with van der Waals surface area (Å²) in [7, 11) is 0. The number of β-lactam (4-membered cyclic amide) rings is 1. The van der Waals surface area contributed by atoms with Crippen molar-refractivity contribution in [3.05, 3.63) is 35.4 Å². The Bertz CT molecular complexity index is 1070. The van der Waals surface area contributed by atoms with E-state index in [1.165, 1.54) is 16.7 Å². The molecular weight excluding hydrogens is 510 g/mol. The second-order valence-corrected chi connectivity index (χ2v) is 11.6. The van der Waals surface area contributed by atoms with Gasteiger partial charge in [-0.05, 0) is 58.6 Å². The zero-order valence-electron chi connectivity index (χ0n) is 20.3. The average Bonchev–Trinajstić information content (AvgIpc) is 3.30. The Kier molecular flexibility index (Phi) is 8.15. The van der Waals surface area contributed by atoms with E-state index in [1.54, 1.807) is 13.8 Å². The van der Waals surface area contributed by atoms with Gasteiger partial charge in [0.05, 0.1) is 17.6 Å². The van der Waals surface area contributed by atoms with Crippen molar-refractivity contribution in [1.29, 1.82) is 0 Å². The number of rotatable bonds is 6. The number of halogens is 3. The summed E-state index contributed by atoms with van der Waals surface area (Å²) >= 11 is 1.23. The Balaban J connectivity index is 0.00000361. The van der Waals surface area contributed by atoms with Gasteiger partial charge in [0, 0.05) is 10.3 Å².